The van der Waals surface area contributed by atoms with Crippen LogP contribution in [0, 0.1) is 0 Å². The zero-order chi connectivity index (χ0) is 19.8. The molecule has 0 bridgehead atoms. The molecule has 0 unspecified atom stereocenters. The number of hydrogen-bond acceptors (Lipinski definition) is 3. The van der Waals surface area contributed by atoms with Gasteiger partial charge in [-0.1, -0.05) is 28.1 Å². The average molecular weight is 432 g/mol. The van der Waals surface area contributed by atoms with Gasteiger partial charge in [0.2, 0.25) is 11.8 Å². The molecule has 6 nitrogen and oxygen atoms in total. The zero-order valence-electron chi connectivity index (χ0n) is 15.3. The molecule has 142 valence electrons. The molecule has 0 saturated heterocycles. The number of anilines is 1. The summed E-state index contributed by atoms with van der Waals surface area (Å²) in [5, 5.41) is 5.49. The fourth-order valence-electron chi connectivity index (χ4n) is 2.26. The first-order valence-electron chi connectivity index (χ1n) is 8.48. The quantitative estimate of drug-likeness (QED) is 0.707. The molecular formula is C20H22BrN3O3. The molecule has 0 aliphatic rings. The second-order valence-corrected chi connectivity index (χ2v) is 7.14. The summed E-state index contributed by atoms with van der Waals surface area (Å²) in [4.78, 5) is 37.2. The van der Waals surface area contributed by atoms with Crippen LogP contribution in [-0.2, 0) is 16.0 Å². The first-order chi connectivity index (χ1) is 12.8. The molecule has 0 aliphatic carbocycles. The zero-order valence-corrected chi connectivity index (χ0v) is 16.9. The van der Waals surface area contributed by atoms with Crippen molar-refractivity contribution in [2.24, 2.45) is 0 Å². The first-order valence-corrected chi connectivity index (χ1v) is 9.27. The second kappa shape index (κ2) is 9.87. The summed E-state index contributed by atoms with van der Waals surface area (Å²) < 4.78 is 0.899. The molecule has 0 fully saturated rings. The Morgan fingerprint density at radius 1 is 0.963 bits per heavy atom. The molecule has 3 amide bonds. The third-order valence-corrected chi connectivity index (χ3v) is 4.36. The molecule has 2 aromatic carbocycles. The molecule has 7 heteroatoms. The van der Waals surface area contributed by atoms with Gasteiger partial charge in [0.25, 0.3) is 5.91 Å². The van der Waals surface area contributed by atoms with E-state index < -0.39 is 0 Å². The molecule has 2 aromatic rings. The largest absolute Gasteiger partial charge is 0.352 e. The highest BCUT2D eigenvalue weighted by Crippen LogP contribution is 2.12. The van der Waals surface area contributed by atoms with Crippen LogP contribution in [-0.4, -0.2) is 43.3 Å². The van der Waals surface area contributed by atoms with Crippen LogP contribution >= 0.6 is 15.9 Å². The fourth-order valence-corrected chi connectivity index (χ4v) is 2.52. The van der Waals surface area contributed by atoms with Gasteiger partial charge in [0.1, 0.15) is 0 Å². The van der Waals surface area contributed by atoms with Gasteiger partial charge in [-0.2, -0.15) is 0 Å². The van der Waals surface area contributed by atoms with Crippen molar-refractivity contribution in [3.8, 4) is 0 Å². The van der Waals surface area contributed by atoms with Crippen molar-refractivity contribution in [3.63, 3.8) is 0 Å². The normalized spacial score (nSPS) is 10.2. The number of carbonyl (C=O) groups is 3. The van der Waals surface area contributed by atoms with E-state index in [1.54, 1.807) is 50.5 Å². The van der Waals surface area contributed by atoms with E-state index >= 15 is 0 Å². The Hall–Kier alpha value is -2.67. The maximum Gasteiger partial charge on any atom is 0.251 e. The molecule has 0 heterocycles. The van der Waals surface area contributed by atoms with Crippen molar-refractivity contribution in [2.75, 3.05) is 26.0 Å². The number of rotatable bonds is 7. The third kappa shape index (κ3) is 6.86. The van der Waals surface area contributed by atoms with E-state index in [0.29, 0.717) is 17.7 Å². The summed E-state index contributed by atoms with van der Waals surface area (Å²) in [7, 11) is 3.43. The Balaban J connectivity index is 1.76. The molecule has 2 N–H and O–H groups in total. The lowest BCUT2D eigenvalue weighted by Gasteiger charge is -2.11. The topological polar surface area (TPSA) is 78.5 Å². The highest BCUT2D eigenvalue weighted by atomic mass is 79.9. The van der Waals surface area contributed by atoms with Gasteiger partial charge in [0.15, 0.2) is 0 Å². The number of nitrogens with zero attached hydrogens (tertiary/aromatic N) is 1. The van der Waals surface area contributed by atoms with Gasteiger partial charge < -0.3 is 15.5 Å². The van der Waals surface area contributed by atoms with Crippen molar-refractivity contribution in [1.82, 2.24) is 10.2 Å². The number of carbonyl (C=O) groups excluding carboxylic acids is 3. The Kier molecular flexibility index (Phi) is 7.55. The van der Waals surface area contributed by atoms with Crippen molar-refractivity contribution in [3.05, 3.63) is 64.1 Å². The minimum atomic E-state index is -0.217. The molecule has 2 rings (SSSR count). The summed E-state index contributed by atoms with van der Waals surface area (Å²) >= 11 is 3.32. The predicted octanol–water partition coefficient (Wildman–Crippen LogP) is 2.84. The van der Waals surface area contributed by atoms with Crippen LogP contribution < -0.4 is 10.6 Å². The monoisotopic (exact) mass is 431 g/mol. The molecule has 0 spiro atoms. The lowest BCUT2D eigenvalue weighted by Crippen LogP contribution is -2.27. The van der Waals surface area contributed by atoms with Crippen LogP contribution in [0.25, 0.3) is 0 Å². The van der Waals surface area contributed by atoms with Gasteiger partial charge in [-0.05, 0) is 42.0 Å². The van der Waals surface area contributed by atoms with Crippen molar-refractivity contribution in [2.45, 2.75) is 12.8 Å². The lowest BCUT2D eigenvalue weighted by atomic mass is 10.1. The Labute approximate surface area is 167 Å². The number of halogens is 1. The van der Waals surface area contributed by atoms with Crippen molar-refractivity contribution < 1.29 is 14.4 Å². The predicted molar refractivity (Wildman–Crippen MR) is 109 cm³/mol. The SMILES string of the molecule is CN(C)C(=O)Cc1ccc(NC(=O)CCNC(=O)c2ccc(Br)cc2)cc1. The summed E-state index contributed by atoms with van der Waals surface area (Å²) in [5.41, 5.74) is 2.08. The number of likely N-dealkylation sites (N-methyl/N-ethyl adjacent to an activating group) is 1. The van der Waals surface area contributed by atoms with Gasteiger partial charge in [0, 0.05) is 42.8 Å². The number of benzene rings is 2. The molecule has 0 aliphatic heterocycles. The summed E-state index contributed by atoms with van der Waals surface area (Å²) in [6.45, 7) is 0.246. The van der Waals surface area contributed by atoms with Crippen molar-refractivity contribution >= 4 is 39.3 Å². The molecule has 27 heavy (non-hydrogen) atoms. The van der Waals surface area contributed by atoms with Gasteiger partial charge in [-0.15, -0.1) is 0 Å². The van der Waals surface area contributed by atoms with E-state index in [9.17, 15) is 14.4 Å². The highest BCUT2D eigenvalue weighted by molar-refractivity contribution is 9.10. The molecule has 0 aromatic heterocycles. The molecule has 0 saturated carbocycles. The molecular weight excluding hydrogens is 410 g/mol. The van der Waals surface area contributed by atoms with E-state index in [1.807, 2.05) is 12.1 Å². The van der Waals surface area contributed by atoms with Gasteiger partial charge in [0.05, 0.1) is 6.42 Å². The van der Waals surface area contributed by atoms with Crippen LogP contribution in [0.3, 0.4) is 0 Å². The maximum atomic E-state index is 12.0. The van der Waals surface area contributed by atoms with Crippen LogP contribution in [0.1, 0.15) is 22.3 Å². The Bertz CT molecular complexity index is 802. The van der Waals surface area contributed by atoms with Crippen LogP contribution in [0.15, 0.2) is 53.0 Å². The van der Waals surface area contributed by atoms with Gasteiger partial charge in [-0.25, -0.2) is 0 Å². The Morgan fingerprint density at radius 2 is 1.59 bits per heavy atom. The summed E-state index contributed by atoms with van der Waals surface area (Å²) in [6, 6.07) is 14.1. The first kappa shape index (κ1) is 20.6. The average Bonchev–Trinajstić information content (AvgIpc) is 2.63. The van der Waals surface area contributed by atoms with E-state index in [-0.39, 0.29) is 30.7 Å². The van der Waals surface area contributed by atoms with E-state index in [4.69, 9.17) is 0 Å². The second-order valence-electron chi connectivity index (χ2n) is 6.22. The Morgan fingerprint density at radius 3 is 2.19 bits per heavy atom. The molecule has 0 radical (unpaired) electrons. The van der Waals surface area contributed by atoms with Gasteiger partial charge in [-0.3, -0.25) is 14.4 Å². The highest BCUT2D eigenvalue weighted by Gasteiger charge is 2.08. The minimum absolute atomic E-state index is 0.0216. The minimum Gasteiger partial charge on any atom is -0.352 e. The number of nitrogens with one attached hydrogen (secondary N) is 2. The molecule has 0 atom stereocenters. The van der Waals surface area contributed by atoms with Gasteiger partial charge >= 0.3 is 0 Å². The van der Waals surface area contributed by atoms with Crippen molar-refractivity contribution in [1.29, 1.82) is 0 Å². The third-order valence-electron chi connectivity index (χ3n) is 3.84. The summed E-state index contributed by atoms with van der Waals surface area (Å²) in [5.74, 6) is -0.387. The van der Waals surface area contributed by atoms with E-state index in [1.165, 1.54) is 4.90 Å². The fraction of sp³-hybridized carbons (Fsp3) is 0.250. The standard InChI is InChI=1S/C20H22BrN3O3/c1-24(2)19(26)13-14-3-9-17(10-4-14)23-18(25)11-12-22-20(27)15-5-7-16(21)8-6-15/h3-10H,11-13H2,1-2H3,(H,22,27)(H,23,25). The number of hydrogen-bond donors (Lipinski definition) is 2. The smallest absolute Gasteiger partial charge is 0.251 e. The lowest BCUT2D eigenvalue weighted by molar-refractivity contribution is -0.128. The van der Waals surface area contributed by atoms with Crippen LogP contribution in [0.5, 0.6) is 0 Å². The number of amides is 3. The summed E-state index contributed by atoms with van der Waals surface area (Å²) in [6.07, 6.45) is 0.493. The van der Waals surface area contributed by atoms with Crippen LogP contribution in [0.4, 0.5) is 5.69 Å². The van der Waals surface area contributed by atoms with Crippen LogP contribution in [0.2, 0.25) is 0 Å². The van der Waals surface area contributed by atoms with E-state index in [0.717, 1.165) is 10.0 Å². The van der Waals surface area contributed by atoms with E-state index in [2.05, 4.69) is 26.6 Å². The maximum absolute atomic E-state index is 12.0.